The summed E-state index contributed by atoms with van der Waals surface area (Å²) in [6.07, 6.45) is 0.673. The lowest BCUT2D eigenvalue weighted by molar-refractivity contribution is 0.455. The molecule has 2 aromatic carbocycles. The molecule has 0 aliphatic heterocycles. The highest BCUT2D eigenvalue weighted by atomic mass is 16.3. The van der Waals surface area contributed by atoms with Gasteiger partial charge in [0.1, 0.15) is 11.3 Å². The van der Waals surface area contributed by atoms with Crippen molar-refractivity contribution < 1.29 is 9.52 Å². The van der Waals surface area contributed by atoms with E-state index < -0.39 is 0 Å². The Labute approximate surface area is 111 Å². The fourth-order valence-corrected chi connectivity index (χ4v) is 2.28. The molecule has 19 heavy (non-hydrogen) atoms. The van der Waals surface area contributed by atoms with Gasteiger partial charge in [-0.05, 0) is 29.7 Å². The van der Waals surface area contributed by atoms with E-state index in [2.05, 4.69) is 11.9 Å². The zero-order valence-corrected chi connectivity index (χ0v) is 10.7. The van der Waals surface area contributed by atoms with Crippen molar-refractivity contribution in [2.45, 2.75) is 19.3 Å². The fourth-order valence-electron chi connectivity index (χ4n) is 2.28. The number of hydrogen-bond acceptors (Lipinski definition) is 3. The molecule has 0 fully saturated rings. The van der Waals surface area contributed by atoms with Crippen molar-refractivity contribution >= 4 is 11.1 Å². The van der Waals surface area contributed by atoms with Gasteiger partial charge in [0.15, 0.2) is 11.5 Å². The average Bonchev–Trinajstić information content (AvgIpc) is 2.81. The van der Waals surface area contributed by atoms with Gasteiger partial charge in [-0.15, -0.1) is 0 Å². The summed E-state index contributed by atoms with van der Waals surface area (Å²) in [6, 6.07) is 15.1. The third-order valence-corrected chi connectivity index (χ3v) is 3.29. The Balaban J connectivity index is 1.86. The molecule has 3 rings (SSSR count). The molecule has 0 aliphatic carbocycles. The second-order valence-electron chi connectivity index (χ2n) is 4.74. The molecule has 3 heteroatoms. The summed E-state index contributed by atoms with van der Waals surface area (Å²) in [4.78, 5) is 4.46. The number of benzene rings is 2. The van der Waals surface area contributed by atoms with Crippen LogP contribution in [0.2, 0.25) is 0 Å². The van der Waals surface area contributed by atoms with Gasteiger partial charge in [-0.25, -0.2) is 4.98 Å². The van der Waals surface area contributed by atoms with Crippen molar-refractivity contribution in [1.82, 2.24) is 4.98 Å². The molecule has 0 spiro atoms. The van der Waals surface area contributed by atoms with Gasteiger partial charge in [-0.1, -0.05) is 37.3 Å². The summed E-state index contributed by atoms with van der Waals surface area (Å²) in [7, 11) is 0. The van der Waals surface area contributed by atoms with E-state index in [1.165, 1.54) is 0 Å². The highest BCUT2D eigenvalue weighted by Crippen LogP contribution is 2.28. The second-order valence-corrected chi connectivity index (χ2v) is 4.74. The van der Waals surface area contributed by atoms with Gasteiger partial charge in [-0.2, -0.15) is 0 Å². The number of aromatic nitrogens is 1. The summed E-state index contributed by atoms with van der Waals surface area (Å²) in [5.74, 6) is 1.19. The Morgan fingerprint density at radius 2 is 1.84 bits per heavy atom. The number of aromatic hydroxyl groups is 1. The largest absolute Gasteiger partial charge is 0.508 e. The normalized spacial score (nSPS) is 12.7. The highest BCUT2D eigenvalue weighted by molar-refractivity contribution is 5.72. The maximum absolute atomic E-state index is 9.85. The van der Waals surface area contributed by atoms with Crippen molar-refractivity contribution in [2.24, 2.45) is 0 Å². The van der Waals surface area contributed by atoms with E-state index in [0.717, 1.165) is 16.7 Å². The van der Waals surface area contributed by atoms with Crippen LogP contribution < -0.4 is 0 Å². The van der Waals surface area contributed by atoms with Crippen LogP contribution in [0.4, 0.5) is 0 Å². The predicted molar refractivity (Wildman–Crippen MR) is 74.2 cm³/mol. The van der Waals surface area contributed by atoms with Crippen molar-refractivity contribution in [2.75, 3.05) is 0 Å². The SMILES string of the molecule is CC(Cc1nc2ccccc2o1)c1ccccc1O. The Bertz CT molecular complexity index is 670. The topological polar surface area (TPSA) is 46.3 Å². The monoisotopic (exact) mass is 253 g/mol. The number of phenols is 1. The molecule has 0 aliphatic rings. The molecule has 3 aromatic rings. The molecule has 1 atom stereocenters. The molecular weight excluding hydrogens is 238 g/mol. The van der Waals surface area contributed by atoms with Crippen molar-refractivity contribution in [1.29, 1.82) is 0 Å². The van der Waals surface area contributed by atoms with Gasteiger partial charge < -0.3 is 9.52 Å². The molecule has 0 saturated carbocycles. The molecule has 1 heterocycles. The first kappa shape index (κ1) is 11.8. The molecule has 0 bridgehead atoms. The Hall–Kier alpha value is -2.29. The number of oxazole rings is 1. The summed E-state index contributed by atoms with van der Waals surface area (Å²) >= 11 is 0. The molecule has 0 amide bonds. The lowest BCUT2D eigenvalue weighted by Crippen LogP contribution is -1.98. The minimum absolute atomic E-state index is 0.161. The van der Waals surface area contributed by atoms with E-state index in [-0.39, 0.29) is 5.92 Å². The van der Waals surface area contributed by atoms with Crippen LogP contribution in [-0.2, 0) is 6.42 Å². The fraction of sp³-hybridized carbons (Fsp3) is 0.188. The number of fused-ring (bicyclic) bond motifs is 1. The number of nitrogens with zero attached hydrogens (tertiary/aromatic N) is 1. The van der Waals surface area contributed by atoms with Gasteiger partial charge in [0, 0.05) is 6.42 Å². The molecule has 0 radical (unpaired) electrons. The Morgan fingerprint density at radius 1 is 1.11 bits per heavy atom. The van der Waals surface area contributed by atoms with E-state index >= 15 is 0 Å². The highest BCUT2D eigenvalue weighted by Gasteiger charge is 2.14. The van der Waals surface area contributed by atoms with Crippen LogP contribution in [0.5, 0.6) is 5.75 Å². The van der Waals surface area contributed by atoms with Crippen LogP contribution >= 0.6 is 0 Å². The van der Waals surface area contributed by atoms with E-state index in [9.17, 15) is 5.11 Å². The predicted octanol–water partition coefficient (Wildman–Crippen LogP) is 3.88. The number of phenolic OH excluding ortho intramolecular Hbond substituents is 1. The summed E-state index contributed by atoms with van der Waals surface area (Å²) in [6.45, 7) is 2.06. The molecule has 1 aromatic heterocycles. The molecule has 1 unspecified atom stereocenters. The van der Waals surface area contributed by atoms with Gasteiger partial charge >= 0.3 is 0 Å². The van der Waals surface area contributed by atoms with Crippen molar-refractivity contribution in [3.8, 4) is 5.75 Å². The Morgan fingerprint density at radius 3 is 2.63 bits per heavy atom. The maximum atomic E-state index is 9.85. The first-order valence-corrected chi connectivity index (χ1v) is 6.36. The quantitative estimate of drug-likeness (QED) is 0.770. The first-order valence-electron chi connectivity index (χ1n) is 6.36. The van der Waals surface area contributed by atoms with Crippen LogP contribution in [0.1, 0.15) is 24.3 Å². The third-order valence-electron chi connectivity index (χ3n) is 3.29. The minimum Gasteiger partial charge on any atom is -0.508 e. The molecule has 96 valence electrons. The molecule has 0 saturated heterocycles. The molecule has 3 nitrogen and oxygen atoms in total. The molecule has 1 N–H and O–H groups in total. The third kappa shape index (κ3) is 2.32. The summed E-state index contributed by atoms with van der Waals surface area (Å²) < 4.78 is 5.71. The lowest BCUT2D eigenvalue weighted by atomic mass is 9.97. The molecular formula is C16H15NO2. The standard InChI is InChI=1S/C16H15NO2/c1-11(12-6-2-4-8-14(12)18)10-16-17-13-7-3-5-9-15(13)19-16/h2-9,11,18H,10H2,1H3. The first-order chi connectivity index (χ1) is 9.24. The zero-order chi connectivity index (χ0) is 13.2. The summed E-state index contributed by atoms with van der Waals surface area (Å²) in [5.41, 5.74) is 2.61. The zero-order valence-electron chi connectivity index (χ0n) is 10.7. The average molecular weight is 253 g/mol. The lowest BCUT2D eigenvalue weighted by Gasteiger charge is -2.10. The van der Waals surface area contributed by atoms with Gasteiger partial charge in [0.05, 0.1) is 0 Å². The van der Waals surface area contributed by atoms with E-state index in [1.807, 2.05) is 42.5 Å². The van der Waals surface area contributed by atoms with E-state index in [4.69, 9.17) is 4.42 Å². The second kappa shape index (κ2) is 4.76. The maximum Gasteiger partial charge on any atom is 0.196 e. The Kier molecular flexibility index (Phi) is 2.95. The van der Waals surface area contributed by atoms with Crippen LogP contribution in [0, 0.1) is 0 Å². The van der Waals surface area contributed by atoms with Crippen LogP contribution in [0.15, 0.2) is 52.9 Å². The van der Waals surface area contributed by atoms with Gasteiger partial charge in [0.2, 0.25) is 0 Å². The number of hydrogen-bond donors (Lipinski definition) is 1. The van der Waals surface area contributed by atoms with Crippen LogP contribution in [-0.4, -0.2) is 10.1 Å². The van der Waals surface area contributed by atoms with Crippen LogP contribution in [0.25, 0.3) is 11.1 Å². The van der Waals surface area contributed by atoms with Crippen molar-refractivity contribution in [3.63, 3.8) is 0 Å². The van der Waals surface area contributed by atoms with Gasteiger partial charge in [-0.3, -0.25) is 0 Å². The van der Waals surface area contributed by atoms with Crippen LogP contribution in [0.3, 0.4) is 0 Å². The van der Waals surface area contributed by atoms with Crippen molar-refractivity contribution in [3.05, 3.63) is 60.0 Å². The smallest absolute Gasteiger partial charge is 0.196 e. The minimum atomic E-state index is 0.161. The van der Waals surface area contributed by atoms with Gasteiger partial charge in [0.25, 0.3) is 0 Å². The summed E-state index contributed by atoms with van der Waals surface area (Å²) in [5, 5.41) is 9.85. The number of para-hydroxylation sites is 3. The number of rotatable bonds is 3. The van der Waals surface area contributed by atoms with E-state index in [1.54, 1.807) is 6.07 Å². The van der Waals surface area contributed by atoms with E-state index in [0.29, 0.717) is 18.1 Å².